The quantitative estimate of drug-likeness (QED) is 0.708. The van der Waals surface area contributed by atoms with Crippen LogP contribution in [0.1, 0.15) is 13.3 Å². The second-order valence-electron chi connectivity index (χ2n) is 4.38. The number of amides is 2. The maximum Gasteiger partial charge on any atom is 0.317 e. The van der Waals surface area contributed by atoms with Crippen LogP contribution < -0.4 is 5.32 Å². The predicted molar refractivity (Wildman–Crippen MR) is 63.6 cm³/mol. The fourth-order valence-corrected chi connectivity index (χ4v) is 1.95. The number of nitrogens with zero attached hydrogens (tertiary/aromatic N) is 2. The van der Waals surface area contributed by atoms with Crippen LogP contribution in [0.25, 0.3) is 0 Å². The molecule has 2 amide bonds. The first-order chi connectivity index (χ1) is 7.65. The number of ether oxygens (including phenoxy) is 1. The summed E-state index contributed by atoms with van der Waals surface area (Å²) >= 11 is 0. The summed E-state index contributed by atoms with van der Waals surface area (Å²) in [5, 5.41) is 2.92. The van der Waals surface area contributed by atoms with Crippen LogP contribution in [0.5, 0.6) is 0 Å². The van der Waals surface area contributed by atoms with Crippen LogP contribution >= 0.6 is 0 Å². The van der Waals surface area contributed by atoms with E-state index < -0.39 is 0 Å². The molecule has 1 aliphatic heterocycles. The summed E-state index contributed by atoms with van der Waals surface area (Å²) < 4.78 is 4.93. The molecule has 5 nitrogen and oxygen atoms in total. The summed E-state index contributed by atoms with van der Waals surface area (Å²) in [4.78, 5) is 16.0. The number of hydrogen-bond donors (Lipinski definition) is 1. The fourth-order valence-electron chi connectivity index (χ4n) is 1.95. The molecule has 0 saturated carbocycles. The van der Waals surface area contributed by atoms with Crippen molar-refractivity contribution in [3.05, 3.63) is 0 Å². The molecule has 1 N–H and O–H groups in total. The topological polar surface area (TPSA) is 44.8 Å². The molecule has 1 fully saturated rings. The second kappa shape index (κ2) is 6.70. The Bertz CT molecular complexity index is 223. The molecular weight excluding hydrogens is 206 g/mol. The Balaban J connectivity index is 2.25. The number of carbonyl (C=O) groups excluding carboxylic acids is 1. The molecule has 0 aromatic rings. The van der Waals surface area contributed by atoms with E-state index >= 15 is 0 Å². The number of rotatable bonds is 4. The van der Waals surface area contributed by atoms with Gasteiger partial charge in [0.05, 0.1) is 0 Å². The summed E-state index contributed by atoms with van der Waals surface area (Å²) in [5.74, 6) is 0. The largest absolute Gasteiger partial charge is 0.385 e. The van der Waals surface area contributed by atoms with Gasteiger partial charge in [0.1, 0.15) is 0 Å². The van der Waals surface area contributed by atoms with Crippen molar-refractivity contribution in [3.8, 4) is 0 Å². The Morgan fingerprint density at radius 2 is 2.25 bits per heavy atom. The van der Waals surface area contributed by atoms with Crippen molar-refractivity contribution in [1.29, 1.82) is 0 Å². The number of methoxy groups -OCH3 is 1. The molecule has 0 bridgehead atoms. The van der Waals surface area contributed by atoms with Crippen LogP contribution in [-0.4, -0.2) is 68.8 Å². The van der Waals surface area contributed by atoms with Crippen molar-refractivity contribution in [2.45, 2.75) is 19.4 Å². The van der Waals surface area contributed by atoms with E-state index in [1.807, 2.05) is 4.90 Å². The summed E-state index contributed by atoms with van der Waals surface area (Å²) in [5.41, 5.74) is 0. The van der Waals surface area contributed by atoms with Crippen molar-refractivity contribution in [1.82, 2.24) is 15.1 Å². The van der Waals surface area contributed by atoms with E-state index in [2.05, 4.69) is 24.2 Å². The fraction of sp³-hybridized carbons (Fsp3) is 0.909. The molecule has 16 heavy (non-hydrogen) atoms. The lowest BCUT2D eigenvalue weighted by molar-refractivity contribution is 0.116. The molecule has 0 spiro atoms. The highest BCUT2D eigenvalue weighted by Gasteiger charge is 2.25. The van der Waals surface area contributed by atoms with Gasteiger partial charge in [-0.3, -0.25) is 0 Å². The third kappa shape index (κ3) is 3.98. The van der Waals surface area contributed by atoms with Gasteiger partial charge in [0.25, 0.3) is 0 Å². The minimum absolute atomic E-state index is 0.0525. The highest BCUT2D eigenvalue weighted by atomic mass is 16.5. The maximum absolute atomic E-state index is 11.8. The first kappa shape index (κ1) is 13.3. The first-order valence-electron chi connectivity index (χ1n) is 5.87. The highest BCUT2D eigenvalue weighted by molar-refractivity contribution is 5.74. The van der Waals surface area contributed by atoms with Gasteiger partial charge in [0, 0.05) is 45.9 Å². The molecule has 1 heterocycles. The number of carbonyl (C=O) groups is 1. The van der Waals surface area contributed by atoms with E-state index in [1.165, 1.54) is 0 Å². The van der Waals surface area contributed by atoms with Crippen LogP contribution in [0.15, 0.2) is 0 Å². The van der Waals surface area contributed by atoms with Gasteiger partial charge in [-0.1, -0.05) is 0 Å². The molecule has 1 atom stereocenters. The SMILES string of the molecule is COCCCNC(=O)N1CCN(C)C[C@@H]1C. The monoisotopic (exact) mass is 229 g/mol. The number of hydrogen-bond acceptors (Lipinski definition) is 3. The van der Waals surface area contributed by atoms with Crippen molar-refractivity contribution in [2.24, 2.45) is 0 Å². The average molecular weight is 229 g/mol. The van der Waals surface area contributed by atoms with Crippen molar-refractivity contribution in [3.63, 3.8) is 0 Å². The van der Waals surface area contributed by atoms with E-state index in [4.69, 9.17) is 4.74 Å². The molecular formula is C11H23N3O2. The van der Waals surface area contributed by atoms with E-state index in [9.17, 15) is 4.79 Å². The van der Waals surface area contributed by atoms with Gasteiger partial charge in [-0.25, -0.2) is 4.79 Å². The van der Waals surface area contributed by atoms with Crippen LogP contribution in [0, 0.1) is 0 Å². The molecule has 0 aromatic carbocycles. The lowest BCUT2D eigenvalue weighted by Gasteiger charge is -2.38. The Hall–Kier alpha value is -0.810. The average Bonchev–Trinajstić information content (AvgIpc) is 2.24. The number of piperazine rings is 1. The van der Waals surface area contributed by atoms with Gasteiger partial charge in [-0.15, -0.1) is 0 Å². The number of likely N-dealkylation sites (N-methyl/N-ethyl adjacent to an activating group) is 1. The van der Waals surface area contributed by atoms with E-state index in [1.54, 1.807) is 7.11 Å². The van der Waals surface area contributed by atoms with E-state index in [0.29, 0.717) is 19.2 Å². The molecule has 1 saturated heterocycles. The van der Waals surface area contributed by atoms with Crippen molar-refractivity contribution in [2.75, 3.05) is 46.9 Å². The van der Waals surface area contributed by atoms with E-state index in [-0.39, 0.29) is 6.03 Å². The Morgan fingerprint density at radius 3 is 2.88 bits per heavy atom. The van der Waals surface area contributed by atoms with Crippen molar-refractivity contribution >= 4 is 6.03 Å². The molecule has 1 rings (SSSR count). The molecule has 0 aliphatic carbocycles. The van der Waals surface area contributed by atoms with Gasteiger partial charge < -0.3 is 19.9 Å². The molecule has 0 unspecified atom stereocenters. The van der Waals surface area contributed by atoms with Crippen molar-refractivity contribution < 1.29 is 9.53 Å². The van der Waals surface area contributed by atoms with Gasteiger partial charge in [-0.2, -0.15) is 0 Å². The van der Waals surface area contributed by atoms with E-state index in [0.717, 1.165) is 26.1 Å². The standard InChI is InChI=1S/C11H23N3O2/c1-10-9-13(2)6-7-14(10)11(15)12-5-4-8-16-3/h10H,4-9H2,1-3H3,(H,12,15)/t10-/m0/s1. The number of nitrogens with one attached hydrogen (secondary N) is 1. The Labute approximate surface area is 97.7 Å². The second-order valence-corrected chi connectivity index (χ2v) is 4.38. The predicted octanol–water partition coefficient (Wildman–Crippen LogP) is 0.368. The summed E-state index contributed by atoms with van der Waals surface area (Å²) in [6.45, 7) is 6.18. The maximum atomic E-state index is 11.8. The molecule has 94 valence electrons. The minimum atomic E-state index is 0.0525. The third-order valence-electron chi connectivity index (χ3n) is 2.89. The van der Waals surface area contributed by atoms with Crippen LogP contribution in [-0.2, 0) is 4.74 Å². The van der Waals surface area contributed by atoms with Gasteiger partial charge in [0.15, 0.2) is 0 Å². The zero-order chi connectivity index (χ0) is 12.0. The van der Waals surface area contributed by atoms with Crippen LogP contribution in [0.3, 0.4) is 0 Å². The van der Waals surface area contributed by atoms with Crippen LogP contribution in [0.4, 0.5) is 4.79 Å². The zero-order valence-electron chi connectivity index (χ0n) is 10.5. The molecule has 0 aromatic heterocycles. The molecule has 5 heteroatoms. The lowest BCUT2D eigenvalue weighted by atomic mass is 10.2. The summed E-state index contributed by atoms with van der Waals surface area (Å²) in [6.07, 6.45) is 0.865. The smallest absolute Gasteiger partial charge is 0.317 e. The summed E-state index contributed by atoms with van der Waals surface area (Å²) in [6, 6.07) is 0.345. The molecule has 1 aliphatic rings. The Kier molecular flexibility index (Phi) is 5.55. The normalized spacial score (nSPS) is 22.2. The van der Waals surface area contributed by atoms with Crippen LogP contribution in [0.2, 0.25) is 0 Å². The molecule has 0 radical (unpaired) electrons. The van der Waals surface area contributed by atoms with Gasteiger partial charge >= 0.3 is 6.03 Å². The first-order valence-corrected chi connectivity index (χ1v) is 5.87. The van der Waals surface area contributed by atoms with Gasteiger partial charge in [-0.05, 0) is 20.4 Å². The Morgan fingerprint density at radius 1 is 1.50 bits per heavy atom. The minimum Gasteiger partial charge on any atom is -0.385 e. The summed E-state index contributed by atoms with van der Waals surface area (Å²) in [7, 11) is 3.76. The third-order valence-corrected chi connectivity index (χ3v) is 2.89. The highest BCUT2D eigenvalue weighted by Crippen LogP contribution is 2.07. The zero-order valence-corrected chi connectivity index (χ0v) is 10.5. The lowest BCUT2D eigenvalue weighted by Crippen LogP contribution is -2.55. The van der Waals surface area contributed by atoms with Gasteiger partial charge in [0.2, 0.25) is 0 Å². The number of urea groups is 1.